The minimum Gasteiger partial charge on any atom is -0.216 e. The van der Waals surface area contributed by atoms with Crippen molar-refractivity contribution in [2.24, 2.45) is 17.8 Å². The highest BCUT2D eigenvalue weighted by Gasteiger charge is 2.31. The highest BCUT2D eigenvalue weighted by molar-refractivity contribution is 5.22. The second-order valence-corrected chi connectivity index (χ2v) is 8.36. The van der Waals surface area contributed by atoms with Crippen molar-refractivity contribution >= 4 is 0 Å². The zero-order chi connectivity index (χ0) is 18.4. The molecule has 0 aliphatic heterocycles. The molecule has 3 rings (SSSR count). The summed E-state index contributed by atoms with van der Waals surface area (Å²) in [6.07, 6.45) is 15.5. The molecule has 2 fully saturated rings. The molecule has 2 aliphatic rings. The summed E-state index contributed by atoms with van der Waals surface area (Å²) in [6.45, 7) is 0. The Morgan fingerprint density at radius 1 is 0.846 bits per heavy atom. The van der Waals surface area contributed by atoms with Crippen molar-refractivity contribution in [2.45, 2.75) is 76.5 Å². The standard InChI is InChI=1S/C23H31F3/c24-15-3-1-2-4-17-5-7-18(8-6-17)19-9-11-20(12-10-19)21-13-14-22(25)23(26)16-21/h3,13-20H,1-2,4-12H2/b15-3+. The fourth-order valence-electron chi connectivity index (χ4n) is 5.23. The van der Waals surface area contributed by atoms with E-state index in [2.05, 4.69) is 0 Å². The lowest BCUT2D eigenvalue weighted by atomic mass is 9.68. The summed E-state index contributed by atoms with van der Waals surface area (Å²) < 4.78 is 38.6. The summed E-state index contributed by atoms with van der Waals surface area (Å²) in [7, 11) is 0. The van der Waals surface area contributed by atoms with Crippen LogP contribution in [0.2, 0.25) is 0 Å². The molecule has 0 unspecified atom stereocenters. The van der Waals surface area contributed by atoms with E-state index in [1.807, 2.05) is 0 Å². The maximum Gasteiger partial charge on any atom is 0.159 e. The van der Waals surface area contributed by atoms with E-state index >= 15 is 0 Å². The van der Waals surface area contributed by atoms with Crippen LogP contribution in [0.1, 0.15) is 82.1 Å². The lowest BCUT2D eigenvalue weighted by Crippen LogP contribution is -2.25. The minimum atomic E-state index is -0.750. The van der Waals surface area contributed by atoms with Crippen molar-refractivity contribution in [1.29, 1.82) is 0 Å². The first-order chi connectivity index (χ1) is 12.7. The van der Waals surface area contributed by atoms with Crippen LogP contribution in [0.5, 0.6) is 0 Å². The molecule has 0 aromatic heterocycles. The first-order valence-corrected chi connectivity index (χ1v) is 10.4. The SMILES string of the molecule is F/C=C/CCCC1CCC(C2CCC(c3ccc(F)c(F)c3)CC2)CC1. The van der Waals surface area contributed by atoms with Crippen molar-refractivity contribution in [3.8, 4) is 0 Å². The third kappa shape index (κ3) is 5.14. The molecule has 0 heterocycles. The Hall–Kier alpha value is -1.25. The molecule has 1 aromatic carbocycles. The zero-order valence-corrected chi connectivity index (χ0v) is 15.6. The van der Waals surface area contributed by atoms with Crippen LogP contribution >= 0.6 is 0 Å². The Morgan fingerprint density at radius 3 is 2.12 bits per heavy atom. The normalized spacial score (nSPS) is 30.0. The summed E-state index contributed by atoms with van der Waals surface area (Å²) in [5.74, 6) is 1.42. The molecule has 2 aliphatic carbocycles. The molecule has 0 radical (unpaired) electrons. The lowest BCUT2D eigenvalue weighted by molar-refractivity contribution is 0.156. The summed E-state index contributed by atoms with van der Waals surface area (Å²) in [4.78, 5) is 0. The molecule has 0 saturated heterocycles. The molecule has 3 heteroatoms. The summed E-state index contributed by atoms with van der Waals surface area (Å²) >= 11 is 0. The number of hydrogen-bond donors (Lipinski definition) is 0. The van der Waals surface area contributed by atoms with Gasteiger partial charge in [-0.05, 0) is 92.7 Å². The van der Waals surface area contributed by atoms with E-state index in [1.54, 1.807) is 12.1 Å². The first kappa shape index (κ1) is 19.5. The van der Waals surface area contributed by atoms with Gasteiger partial charge in [-0.15, -0.1) is 0 Å². The van der Waals surface area contributed by atoms with Crippen molar-refractivity contribution < 1.29 is 13.2 Å². The molecule has 0 amide bonds. The fourth-order valence-corrected chi connectivity index (χ4v) is 5.23. The van der Waals surface area contributed by atoms with Crippen LogP contribution in [-0.4, -0.2) is 0 Å². The van der Waals surface area contributed by atoms with Gasteiger partial charge in [0.2, 0.25) is 0 Å². The summed E-state index contributed by atoms with van der Waals surface area (Å²) in [5.41, 5.74) is 0.966. The van der Waals surface area contributed by atoms with Gasteiger partial charge in [-0.25, -0.2) is 13.2 Å². The van der Waals surface area contributed by atoms with Gasteiger partial charge in [0.25, 0.3) is 0 Å². The van der Waals surface area contributed by atoms with Crippen LogP contribution in [0.25, 0.3) is 0 Å². The number of allylic oxidation sites excluding steroid dienone is 1. The number of hydrogen-bond acceptors (Lipinski definition) is 0. The highest BCUT2D eigenvalue weighted by Crippen LogP contribution is 2.44. The largest absolute Gasteiger partial charge is 0.216 e. The Labute approximate surface area is 155 Å². The van der Waals surface area contributed by atoms with Crippen molar-refractivity contribution in [1.82, 2.24) is 0 Å². The van der Waals surface area contributed by atoms with E-state index in [1.165, 1.54) is 57.1 Å². The summed E-state index contributed by atoms with van der Waals surface area (Å²) in [5, 5.41) is 0. The Morgan fingerprint density at radius 2 is 1.50 bits per heavy atom. The van der Waals surface area contributed by atoms with Gasteiger partial charge >= 0.3 is 0 Å². The Bertz CT molecular complexity index is 579. The number of unbranched alkanes of at least 4 members (excludes halogenated alkanes) is 1. The van der Waals surface area contributed by atoms with E-state index in [-0.39, 0.29) is 0 Å². The second-order valence-electron chi connectivity index (χ2n) is 8.36. The quantitative estimate of drug-likeness (QED) is 0.454. The molecule has 1 aromatic rings. The van der Waals surface area contributed by atoms with E-state index < -0.39 is 11.6 Å². The molecule has 2 saturated carbocycles. The lowest BCUT2D eigenvalue weighted by Gasteiger charge is -2.38. The average molecular weight is 364 g/mol. The van der Waals surface area contributed by atoms with Crippen LogP contribution in [0.15, 0.2) is 30.6 Å². The van der Waals surface area contributed by atoms with Gasteiger partial charge in [0.15, 0.2) is 11.6 Å². The monoisotopic (exact) mass is 364 g/mol. The van der Waals surface area contributed by atoms with Gasteiger partial charge in [0.05, 0.1) is 6.33 Å². The predicted molar refractivity (Wildman–Crippen MR) is 101 cm³/mol. The van der Waals surface area contributed by atoms with E-state index in [0.717, 1.165) is 49.0 Å². The van der Waals surface area contributed by atoms with Crippen molar-refractivity contribution in [3.05, 3.63) is 47.8 Å². The zero-order valence-electron chi connectivity index (χ0n) is 15.6. The molecular weight excluding hydrogens is 333 g/mol. The van der Waals surface area contributed by atoms with Crippen LogP contribution in [0, 0.1) is 29.4 Å². The molecule has 0 N–H and O–H groups in total. The summed E-state index contributed by atoms with van der Waals surface area (Å²) in [6, 6.07) is 4.41. The molecule has 0 spiro atoms. The maximum absolute atomic E-state index is 13.5. The molecule has 0 atom stereocenters. The second kappa shape index (κ2) is 9.62. The molecule has 26 heavy (non-hydrogen) atoms. The van der Waals surface area contributed by atoms with Crippen LogP contribution in [0.4, 0.5) is 13.2 Å². The van der Waals surface area contributed by atoms with Crippen LogP contribution in [-0.2, 0) is 0 Å². The van der Waals surface area contributed by atoms with Crippen LogP contribution < -0.4 is 0 Å². The Kier molecular flexibility index (Phi) is 7.22. The molecule has 0 bridgehead atoms. The highest BCUT2D eigenvalue weighted by atomic mass is 19.2. The van der Waals surface area contributed by atoms with Gasteiger partial charge in [-0.2, -0.15) is 0 Å². The third-order valence-electron chi connectivity index (χ3n) is 6.82. The third-order valence-corrected chi connectivity index (χ3v) is 6.82. The van der Waals surface area contributed by atoms with E-state index in [4.69, 9.17) is 0 Å². The minimum absolute atomic E-state index is 0.390. The number of halogens is 3. The van der Waals surface area contributed by atoms with Crippen LogP contribution in [0.3, 0.4) is 0 Å². The smallest absolute Gasteiger partial charge is 0.159 e. The van der Waals surface area contributed by atoms with Crippen molar-refractivity contribution in [2.75, 3.05) is 0 Å². The van der Waals surface area contributed by atoms with Gasteiger partial charge in [-0.3, -0.25) is 0 Å². The van der Waals surface area contributed by atoms with Gasteiger partial charge in [0, 0.05) is 0 Å². The Balaban J connectivity index is 1.41. The topological polar surface area (TPSA) is 0 Å². The first-order valence-electron chi connectivity index (χ1n) is 10.4. The van der Waals surface area contributed by atoms with E-state index in [9.17, 15) is 13.2 Å². The predicted octanol–water partition coefficient (Wildman–Crippen LogP) is 7.70. The molecule has 144 valence electrons. The fraction of sp³-hybridized carbons (Fsp3) is 0.652. The molecule has 0 nitrogen and oxygen atoms in total. The number of rotatable bonds is 6. The van der Waals surface area contributed by atoms with Crippen molar-refractivity contribution in [3.63, 3.8) is 0 Å². The van der Waals surface area contributed by atoms with Gasteiger partial charge < -0.3 is 0 Å². The molecular formula is C23H31F3. The average Bonchev–Trinajstić information content (AvgIpc) is 2.68. The number of benzene rings is 1. The van der Waals surface area contributed by atoms with Gasteiger partial charge in [0.1, 0.15) is 0 Å². The van der Waals surface area contributed by atoms with E-state index in [0.29, 0.717) is 12.2 Å². The maximum atomic E-state index is 13.5. The van der Waals surface area contributed by atoms with Gasteiger partial charge in [-0.1, -0.05) is 31.4 Å².